The van der Waals surface area contributed by atoms with Crippen LogP contribution in [0.15, 0.2) is 29.6 Å². The van der Waals surface area contributed by atoms with Crippen LogP contribution in [0.5, 0.6) is 0 Å². The van der Waals surface area contributed by atoms with Crippen LogP contribution >= 0.6 is 0 Å². The summed E-state index contributed by atoms with van der Waals surface area (Å²) in [6, 6.07) is 2.08. The van der Waals surface area contributed by atoms with Crippen LogP contribution in [0, 0.1) is 6.92 Å². The van der Waals surface area contributed by atoms with Crippen LogP contribution in [0.1, 0.15) is 24.1 Å². The van der Waals surface area contributed by atoms with Crippen LogP contribution in [0.2, 0.25) is 0 Å². The number of rotatable bonds is 5. The standard InChI is InChI=1S/C14H15F3N6O2S/c1-3-22-8-12(19-9(22)2)26(24,25)18-7-11-20-21-13-10(14(15,16)17)5-4-6-23(11)13/h4-6,8,18H,3,7H2,1-2H3. The van der Waals surface area contributed by atoms with Gasteiger partial charge in [0.2, 0.25) is 0 Å². The van der Waals surface area contributed by atoms with E-state index in [1.165, 1.54) is 18.5 Å². The highest BCUT2D eigenvalue weighted by Crippen LogP contribution is 2.31. The number of aryl methyl sites for hydroxylation is 2. The molecule has 3 aromatic heterocycles. The molecule has 12 heteroatoms. The molecule has 0 aromatic carbocycles. The third-order valence-corrected chi connectivity index (χ3v) is 5.07. The van der Waals surface area contributed by atoms with Crippen molar-refractivity contribution in [3.63, 3.8) is 0 Å². The van der Waals surface area contributed by atoms with Gasteiger partial charge in [0, 0.05) is 18.9 Å². The summed E-state index contributed by atoms with van der Waals surface area (Å²) in [5.74, 6) is 0.567. The average molecular weight is 388 g/mol. The lowest BCUT2D eigenvalue weighted by molar-refractivity contribution is -0.136. The number of hydrogen-bond acceptors (Lipinski definition) is 5. The van der Waals surface area contributed by atoms with Gasteiger partial charge in [0.05, 0.1) is 6.54 Å². The highest BCUT2D eigenvalue weighted by molar-refractivity contribution is 7.89. The van der Waals surface area contributed by atoms with Crippen LogP contribution in [0.25, 0.3) is 5.65 Å². The predicted octanol–water partition coefficient (Wildman–Crippen LogP) is 1.75. The second-order valence-electron chi connectivity index (χ2n) is 5.47. The Morgan fingerprint density at radius 2 is 2.00 bits per heavy atom. The van der Waals surface area contributed by atoms with Crippen LogP contribution in [0.4, 0.5) is 13.2 Å². The lowest BCUT2D eigenvalue weighted by Gasteiger charge is -2.08. The zero-order valence-corrected chi connectivity index (χ0v) is 14.6. The van der Waals surface area contributed by atoms with Crippen LogP contribution in [-0.2, 0) is 29.3 Å². The SMILES string of the molecule is CCn1cc(S(=O)(=O)NCc2nnc3c(C(F)(F)F)cccn23)nc1C. The van der Waals surface area contributed by atoms with Crippen molar-refractivity contribution in [3.05, 3.63) is 41.7 Å². The third-order valence-electron chi connectivity index (χ3n) is 3.80. The zero-order chi connectivity index (χ0) is 19.1. The molecule has 0 unspecified atom stereocenters. The first-order valence-electron chi connectivity index (χ1n) is 7.56. The highest BCUT2D eigenvalue weighted by atomic mass is 32.2. The molecular weight excluding hydrogens is 373 g/mol. The molecule has 3 rings (SSSR count). The first-order valence-corrected chi connectivity index (χ1v) is 9.05. The van der Waals surface area contributed by atoms with Gasteiger partial charge in [-0.3, -0.25) is 4.40 Å². The molecule has 0 bridgehead atoms. The van der Waals surface area contributed by atoms with E-state index in [0.29, 0.717) is 12.4 Å². The molecule has 0 saturated carbocycles. The number of pyridine rings is 1. The van der Waals surface area contributed by atoms with Gasteiger partial charge >= 0.3 is 6.18 Å². The van der Waals surface area contributed by atoms with Crippen molar-refractivity contribution in [1.29, 1.82) is 0 Å². The van der Waals surface area contributed by atoms with Crippen molar-refractivity contribution in [2.75, 3.05) is 0 Å². The molecule has 0 aliphatic carbocycles. The van der Waals surface area contributed by atoms with Crippen LogP contribution < -0.4 is 4.72 Å². The Hall–Kier alpha value is -2.47. The summed E-state index contributed by atoms with van der Waals surface area (Å²) in [6.07, 6.45) is -1.86. The maximum atomic E-state index is 13.0. The quantitative estimate of drug-likeness (QED) is 0.719. The molecule has 8 nitrogen and oxygen atoms in total. The lowest BCUT2D eigenvalue weighted by Crippen LogP contribution is -2.24. The first kappa shape index (κ1) is 18.3. The molecular formula is C14H15F3N6O2S. The van der Waals surface area contributed by atoms with Crippen LogP contribution in [0.3, 0.4) is 0 Å². The van der Waals surface area contributed by atoms with E-state index >= 15 is 0 Å². The number of fused-ring (bicyclic) bond motifs is 1. The van der Waals surface area contributed by atoms with Crippen molar-refractivity contribution < 1.29 is 21.6 Å². The van der Waals surface area contributed by atoms with Gasteiger partial charge in [-0.05, 0) is 26.0 Å². The fourth-order valence-electron chi connectivity index (χ4n) is 2.47. The van der Waals surface area contributed by atoms with Crippen molar-refractivity contribution in [1.82, 2.24) is 28.9 Å². The Morgan fingerprint density at radius 1 is 1.27 bits per heavy atom. The van der Waals surface area contributed by atoms with Crippen molar-refractivity contribution >= 4 is 15.7 Å². The largest absolute Gasteiger partial charge is 0.420 e. The van der Waals surface area contributed by atoms with Gasteiger partial charge in [-0.1, -0.05) is 0 Å². The minimum atomic E-state index is -4.59. The summed E-state index contributed by atoms with van der Waals surface area (Å²) >= 11 is 0. The number of halogens is 3. The number of imidazole rings is 1. The molecule has 0 spiro atoms. The van der Waals surface area contributed by atoms with Gasteiger partial charge in [0.15, 0.2) is 16.5 Å². The van der Waals surface area contributed by atoms with E-state index in [0.717, 1.165) is 10.5 Å². The molecule has 0 atom stereocenters. The summed E-state index contributed by atoms with van der Waals surface area (Å²) in [4.78, 5) is 3.98. The fourth-order valence-corrected chi connectivity index (χ4v) is 3.45. The average Bonchev–Trinajstić information content (AvgIpc) is 3.15. The Labute approximate surface area is 146 Å². The summed E-state index contributed by atoms with van der Waals surface area (Å²) in [5, 5.41) is 7.03. The molecule has 0 aliphatic heterocycles. The first-order chi connectivity index (χ1) is 12.1. The molecule has 3 aromatic rings. The van der Waals surface area contributed by atoms with E-state index in [-0.39, 0.29) is 23.0 Å². The Bertz CT molecular complexity index is 1050. The predicted molar refractivity (Wildman–Crippen MR) is 84.7 cm³/mol. The minimum Gasteiger partial charge on any atom is -0.334 e. The summed E-state index contributed by atoms with van der Waals surface area (Å²) < 4.78 is 68.7. The molecule has 140 valence electrons. The van der Waals surface area contributed by atoms with E-state index in [4.69, 9.17) is 0 Å². The maximum Gasteiger partial charge on any atom is 0.420 e. The smallest absolute Gasteiger partial charge is 0.334 e. The Balaban J connectivity index is 1.88. The van der Waals surface area contributed by atoms with Gasteiger partial charge in [0.25, 0.3) is 10.0 Å². The molecule has 26 heavy (non-hydrogen) atoms. The van der Waals surface area contributed by atoms with Gasteiger partial charge in [-0.25, -0.2) is 18.1 Å². The number of hydrogen-bond donors (Lipinski definition) is 1. The lowest BCUT2D eigenvalue weighted by atomic mass is 10.2. The molecule has 0 saturated heterocycles. The number of nitrogens with one attached hydrogen (secondary N) is 1. The Kier molecular flexibility index (Phi) is 4.48. The van der Waals surface area contributed by atoms with Gasteiger partial charge in [-0.2, -0.15) is 13.2 Å². The monoisotopic (exact) mass is 388 g/mol. The summed E-state index contributed by atoms with van der Waals surface area (Å²) in [5.41, 5.74) is -1.33. The topological polar surface area (TPSA) is 94.2 Å². The van der Waals surface area contributed by atoms with E-state index in [2.05, 4.69) is 19.9 Å². The third kappa shape index (κ3) is 3.29. The molecule has 0 fully saturated rings. The van der Waals surface area contributed by atoms with Crippen molar-refractivity contribution in [3.8, 4) is 0 Å². The van der Waals surface area contributed by atoms with E-state index in [1.54, 1.807) is 11.5 Å². The van der Waals surface area contributed by atoms with E-state index < -0.39 is 21.8 Å². The van der Waals surface area contributed by atoms with E-state index in [9.17, 15) is 21.6 Å². The summed E-state index contributed by atoms with van der Waals surface area (Å²) in [6.45, 7) is 3.75. The summed E-state index contributed by atoms with van der Waals surface area (Å²) in [7, 11) is -3.94. The van der Waals surface area contributed by atoms with Gasteiger partial charge < -0.3 is 4.57 Å². The molecule has 3 heterocycles. The zero-order valence-electron chi connectivity index (χ0n) is 13.8. The molecule has 0 amide bonds. The van der Waals surface area contributed by atoms with E-state index in [1.807, 2.05) is 6.92 Å². The highest BCUT2D eigenvalue weighted by Gasteiger charge is 2.34. The molecule has 0 radical (unpaired) electrons. The minimum absolute atomic E-state index is 0.0290. The number of nitrogens with zero attached hydrogens (tertiary/aromatic N) is 5. The second-order valence-corrected chi connectivity index (χ2v) is 7.18. The fraction of sp³-hybridized carbons (Fsp3) is 0.357. The van der Waals surface area contributed by atoms with Gasteiger partial charge in [0.1, 0.15) is 11.4 Å². The van der Waals surface area contributed by atoms with Gasteiger partial charge in [-0.15, -0.1) is 10.2 Å². The number of alkyl halides is 3. The molecule has 1 N–H and O–H groups in total. The molecule has 0 aliphatic rings. The van der Waals surface area contributed by atoms with Crippen molar-refractivity contribution in [2.45, 2.75) is 38.1 Å². The maximum absolute atomic E-state index is 13.0. The second kappa shape index (κ2) is 6.36. The van der Waals surface area contributed by atoms with Crippen LogP contribution in [-0.4, -0.2) is 32.6 Å². The normalized spacial score (nSPS) is 12.8. The Morgan fingerprint density at radius 3 is 2.62 bits per heavy atom. The van der Waals surface area contributed by atoms with Crippen molar-refractivity contribution in [2.24, 2.45) is 0 Å². The number of sulfonamides is 1. The number of aromatic nitrogens is 5.